The summed E-state index contributed by atoms with van der Waals surface area (Å²) in [5.41, 5.74) is 5.03. The summed E-state index contributed by atoms with van der Waals surface area (Å²) in [5, 5.41) is 4.20. The van der Waals surface area contributed by atoms with E-state index in [1.807, 2.05) is 19.1 Å². The number of aryl methyl sites for hydroxylation is 1. The van der Waals surface area contributed by atoms with Crippen molar-refractivity contribution < 1.29 is 0 Å². The average Bonchev–Trinajstić information content (AvgIpc) is 2.63. The molecule has 3 heteroatoms. The third-order valence-corrected chi connectivity index (χ3v) is 4.36. The van der Waals surface area contributed by atoms with Crippen molar-refractivity contribution in [2.45, 2.75) is 33.2 Å². The molecule has 0 spiro atoms. The maximum Gasteiger partial charge on any atom is 0.129 e. The van der Waals surface area contributed by atoms with Gasteiger partial charge in [0.1, 0.15) is 5.15 Å². The lowest BCUT2D eigenvalue weighted by Gasteiger charge is -2.30. The molecule has 1 heterocycles. The molecule has 0 saturated carbocycles. The van der Waals surface area contributed by atoms with Gasteiger partial charge in [0.15, 0.2) is 0 Å². The van der Waals surface area contributed by atoms with Gasteiger partial charge in [-0.15, -0.1) is 0 Å². The second-order valence-electron chi connectivity index (χ2n) is 6.21. The number of halogens is 1. The molecular weight excluding hydrogens is 268 g/mol. The lowest BCUT2D eigenvalue weighted by molar-refractivity contribution is 0.337. The van der Waals surface area contributed by atoms with Crippen molar-refractivity contribution in [2.24, 2.45) is 5.41 Å². The fourth-order valence-electron chi connectivity index (χ4n) is 3.10. The van der Waals surface area contributed by atoms with Crippen LogP contribution in [0.25, 0.3) is 0 Å². The molecule has 3 rings (SSSR count). The van der Waals surface area contributed by atoms with Gasteiger partial charge in [-0.25, -0.2) is 4.98 Å². The maximum atomic E-state index is 5.93. The molecule has 1 aliphatic carbocycles. The Kier molecular flexibility index (Phi) is 3.21. The molecule has 0 aliphatic heterocycles. The van der Waals surface area contributed by atoms with E-state index in [1.54, 1.807) is 0 Å². The Hall–Kier alpha value is -1.54. The molecule has 2 nitrogen and oxygen atoms in total. The average molecular weight is 287 g/mol. The van der Waals surface area contributed by atoms with Crippen molar-refractivity contribution in [3.05, 3.63) is 58.4 Å². The van der Waals surface area contributed by atoms with Gasteiger partial charge in [0.25, 0.3) is 0 Å². The van der Waals surface area contributed by atoms with Gasteiger partial charge in [0.05, 0.1) is 17.4 Å². The van der Waals surface area contributed by atoms with E-state index < -0.39 is 0 Å². The Bertz CT molecular complexity index is 649. The number of nitrogens with one attached hydrogen (secondary N) is 1. The summed E-state index contributed by atoms with van der Waals surface area (Å²) in [6.07, 6.45) is 1.10. The molecule has 2 aromatic rings. The van der Waals surface area contributed by atoms with E-state index in [2.05, 4.69) is 48.4 Å². The smallest absolute Gasteiger partial charge is 0.129 e. The van der Waals surface area contributed by atoms with Gasteiger partial charge in [-0.1, -0.05) is 49.7 Å². The van der Waals surface area contributed by atoms with E-state index in [-0.39, 0.29) is 5.41 Å². The Morgan fingerprint density at radius 1 is 1.20 bits per heavy atom. The van der Waals surface area contributed by atoms with Crippen LogP contribution in [0.3, 0.4) is 0 Å². The van der Waals surface area contributed by atoms with Crippen LogP contribution < -0.4 is 5.32 Å². The van der Waals surface area contributed by atoms with E-state index in [9.17, 15) is 0 Å². The minimum Gasteiger partial charge on any atom is -0.376 e. The van der Waals surface area contributed by atoms with Crippen LogP contribution in [-0.2, 0) is 6.42 Å². The Labute approximate surface area is 125 Å². The molecule has 20 heavy (non-hydrogen) atoms. The molecule has 104 valence electrons. The van der Waals surface area contributed by atoms with E-state index in [0.29, 0.717) is 11.2 Å². The molecule has 1 N–H and O–H groups in total. The first-order valence-corrected chi connectivity index (χ1v) is 7.33. The van der Waals surface area contributed by atoms with Crippen LogP contribution >= 0.6 is 11.6 Å². The Balaban J connectivity index is 1.97. The van der Waals surface area contributed by atoms with Gasteiger partial charge in [0, 0.05) is 0 Å². The molecule has 1 atom stereocenters. The van der Waals surface area contributed by atoms with Gasteiger partial charge in [-0.2, -0.15) is 0 Å². The fourth-order valence-corrected chi connectivity index (χ4v) is 3.29. The number of pyridine rings is 1. The number of anilines is 1. The van der Waals surface area contributed by atoms with Gasteiger partial charge in [-0.3, -0.25) is 0 Å². The number of nitrogens with zero attached hydrogens (tertiary/aromatic N) is 1. The summed E-state index contributed by atoms with van der Waals surface area (Å²) >= 11 is 5.93. The number of hydrogen-bond acceptors (Lipinski definition) is 2. The Morgan fingerprint density at radius 3 is 2.70 bits per heavy atom. The third-order valence-electron chi connectivity index (χ3n) is 4.15. The monoisotopic (exact) mass is 286 g/mol. The minimum atomic E-state index is 0.190. The topological polar surface area (TPSA) is 24.9 Å². The highest BCUT2D eigenvalue weighted by Gasteiger charge is 2.38. The summed E-state index contributed by atoms with van der Waals surface area (Å²) < 4.78 is 0. The van der Waals surface area contributed by atoms with E-state index >= 15 is 0 Å². The molecule has 1 aromatic heterocycles. The first-order chi connectivity index (χ1) is 9.47. The van der Waals surface area contributed by atoms with Crippen molar-refractivity contribution in [1.82, 2.24) is 4.98 Å². The number of rotatable bonds is 2. The van der Waals surface area contributed by atoms with Gasteiger partial charge in [-0.05, 0) is 42.0 Å². The predicted molar refractivity (Wildman–Crippen MR) is 84.3 cm³/mol. The van der Waals surface area contributed by atoms with Crippen LogP contribution in [0.15, 0.2) is 36.4 Å². The molecule has 1 unspecified atom stereocenters. The molecule has 0 saturated heterocycles. The van der Waals surface area contributed by atoms with Crippen molar-refractivity contribution >= 4 is 17.3 Å². The first kappa shape index (κ1) is 13.4. The lowest BCUT2D eigenvalue weighted by Crippen LogP contribution is -2.25. The molecule has 0 amide bonds. The second-order valence-corrected chi connectivity index (χ2v) is 6.60. The summed E-state index contributed by atoms with van der Waals surface area (Å²) in [5.74, 6) is 0. The molecule has 0 bridgehead atoms. The zero-order valence-electron chi connectivity index (χ0n) is 12.1. The zero-order chi connectivity index (χ0) is 14.3. The SMILES string of the molecule is Cc1nc(Cl)ccc1NC1c2ccccc2CC1(C)C. The normalized spacial score (nSPS) is 19.7. The van der Waals surface area contributed by atoms with E-state index in [1.165, 1.54) is 11.1 Å². The van der Waals surface area contributed by atoms with Crippen molar-refractivity contribution in [3.8, 4) is 0 Å². The van der Waals surface area contributed by atoms with Gasteiger partial charge >= 0.3 is 0 Å². The van der Waals surface area contributed by atoms with Crippen LogP contribution in [0.2, 0.25) is 5.15 Å². The second kappa shape index (κ2) is 4.78. The summed E-state index contributed by atoms with van der Waals surface area (Å²) in [6.45, 7) is 6.61. The van der Waals surface area contributed by atoms with E-state index in [0.717, 1.165) is 17.8 Å². The largest absolute Gasteiger partial charge is 0.376 e. The van der Waals surface area contributed by atoms with Crippen LogP contribution in [0, 0.1) is 12.3 Å². The predicted octanol–water partition coefficient (Wildman–Crippen LogP) is 4.78. The summed E-state index contributed by atoms with van der Waals surface area (Å²) in [4.78, 5) is 4.32. The highest BCUT2D eigenvalue weighted by molar-refractivity contribution is 6.29. The molecule has 1 aliphatic rings. The zero-order valence-corrected chi connectivity index (χ0v) is 12.8. The van der Waals surface area contributed by atoms with Crippen molar-refractivity contribution in [2.75, 3.05) is 5.32 Å². The summed E-state index contributed by atoms with van der Waals surface area (Å²) in [7, 11) is 0. The van der Waals surface area contributed by atoms with Crippen LogP contribution in [0.1, 0.15) is 36.7 Å². The number of aromatic nitrogens is 1. The maximum absolute atomic E-state index is 5.93. The lowest BCUT2D eigenvalue weighted by atomic mass is 9.85. The molecule has 0 radical (unpaired) electrons. The van der Waals surface area contributed by atoms with Crippen LogP contribution in [0.5, 0.6) is 0 Å². The molecule has 1 aromatic carbocycles. The van der Waals surface area contributed by atoms with Gasteiger partial charge in [0.2, 0.25) is 0 Å². The quantitative estimate of drug-likeness (QED) is 0.804. The first-order valence-electron chi connectivity index (χ1n) is 6.95. The highest BCUT2D eigenvalue weighted by Crippen LogP contribution is 2.46. The van der Waals surface area contributed by atoms with Crippen molar-refractivity contribution in [1.29, 1.82) is 0 Å². The third kappa shape index (κ3) is 2.29. The number of fused-ring (bicyclic) bond motifs is 1. The minimum absolute atomic E-state index is 0.190. The molecular formula is C17H19ClN2. The highest BCUT2D eigenvalue weighted by atomic mass is 35.5. The fraction of sp³-hybridized carbons (Fsp3) is 0.353. The summed E-state index contributed by atoms with van der Waals surface area (Å²) in [6, 6.07) is 12.8. The van der Waals surface area contributed by atoms with Crippen LogP contribution in [-0.4, -0.2) is 4.98 Å². The van der Waals surface area contributed by atoms with Gasteiger partial charge < -0.3 is 5.32 Å². The van der Waals surface area contributed by atoms with Crippen LogP contribution in [0.4, 0.5) is 5.69 Å². The Morgan fingerprint density at radius 2 is 1.95 bits per heavy atom. The van der Waals surface area contributed by atoms with Crippen molar-refractivity contribution in [3.63, 3.8) is 0 Å². The molecule has 0 fully saturated rings. The van der Waals surface area contributed by atoms with E-state index in [4.69, 9.17) is 11.6 Å². The number of benzene rings is 1. The number of hydrogen-bond donors (Lipinski definition) is 1. The standard InChI is InChI=1S/C17H19ClN2/c1-11-14(8-9-15(18)19-11)20-16-13-7-5-4-6-12(13)10-17(16,2)3/h4-9,16,20H,10H2,1-3H3.